The highest BCUT2D eigenvalue weighted by atomic mass is 79.9. The molecule has 2 nitrogen and oxygen atoms in total. The summed E-state index contributed by atoms with van der Waals surface area (Å²) >= 11 is 3.40. The van der Waals surface area contributed by atoms with Gasteiger partial charge in [0.05, 0.1) is 0 Å². The first kappa shape index (κ1) is 14.1. The number of rotatable bonds is 3. The van der Waals surface area contributed by atoms with Crippen LogP contribution in [0.2, 0.25) is 0 Å². The molecule has 0 aliphatic heterocycles. The molecular weight excluding hydrogens is 312 g/mol. The van der Waals surface area contributed by atoms with Gasteiger partial charge in [-0.15, -0.1) is 0 Å². The molecule has 0 aliphatic rings. The van der Waals surface area contributed by atoms with Crippen molar-refractivity contribution in [2.75, 3.05) is 0 Å². The number of halogens is 1. The van der Waals surface area contributed by atoms with Gasteiger partial charge in [-0.25, -0.2) is 0 Å². The van der Waals surface area contributed by atoms with Gasteiger partial charge >= 0.3 is 0 Å². The van der Waals surface area contributed by atoms with E-state index in [2.05, 4.69) is 15.9 Å². The third-order valence-electron chi connectivity index (χ3n) is 2.93. The predicted octanol–water partition coefficient (Wildman–Crippen LogP) is 4.43. The van der Waals surface area contributed by atoms with E-state index < -0.39 is 0 Å². The minimum Gasteiger partial charge on any atom is -0.192 e. The molecule has 0 N–H and O–H groups in total. The van der Waals surface area contributed by atoms with Crippen molar-refractivity contribution < 1.29 is 0 Å². The molecule has 0 saturated carbocycles. The van der Waals surface area contributed by atoms with Gasteiger partial charge < -0.3 is 0 Å². The summed E-state index contributed by atoms with van der Waals surface area (Å²) in [7, 11) is 0. The first-order chi connectivity index (χ1) is 9.80. The Morgan fingerprint density at radius 2 is 1.40 bits per heavy atom. The van der Waals surface area contributed by atoms with Crippen LogP contribution in [0, 0.1) is 22.7 Å². The normalized spacial score (nSPS) is 9.35. The molecule has 0 aromatic heterocycles. The second kappa shape index (κ2) is 6.70. The lowest BCUT2D eigenvalue weighted by Gasteiger charge is -2.09. The minimum atomic E-state index is 0.128. The fourth-order valence-corrected chi connectivity index (χ4v) is 2.33. The second-order valence-electron chi connectivity index (χ2n) is 4.17. The van der Waals surface area contributed by atoms with Crippen LogP contribution in [0.4, 0.5) is 0 Å². The molecule has 0 aliphatic carbocycles. The Kier molecular flexibility index (Phi) is 4.71. The van der Waals surface area contributed by atoms with Crippen molar-refractivity contribution in [2.45, 2.75) is 5.33 Å². The van der Waals surface area contributed by atoms with Crippen LogP contribution in [0.25, 0.3) is 5.57 Å². The molecule has 0 bridgehead atoms. The SMILES string of the molecule is N#CC(C#N)=C(c1ccccc1)c1ccc(CBr)cc1. The lowest BCUT2D eigenvalue weighted by atomic mass is 9.93. The zero-order valence-corrected chi connectivity index (χ0v) is 12.3. The van der Waals surface area contributed by atoms with E-state index in [1.807, 2.05) is 66.7 Å². The molecule has 0 fully saturated rings. The lowest BCUT2D eigenvalue weighted by Crippen LogP contribution is -1.92. The Morgan fingerprint density at radius 1 is 0.850 bits per heavy atom. The number of nitrogens with zero attached hydrogens (tertiary/aromatic N) is 2. The summed E-state index contributed by atoms with van der Waals surface area (Å²) in [5.74, 6) is 0. The van der Waals surface area contributed by atoms with Gasteiger partial charge in [-0.1, -0.05) is 70.5 Å². The third kappa shape index (κ3) is 2.96. The molecule has 2 aromatic carbocycles. The highest BCUT2D eigenvalue weighted by Gasteiger charge is 2.11. The molecule has 20 heavy (non-hydrogen) atoms. The molecule has 0 amide bonds. The molecule has 0 unspecified atom stereocenters. The fourth-order valence-electron chi connectivity index (χ4n) is 1.96. The molecule has 2 rings (SSSR count). The summed E-state index contributed by atoms with van der Waals surface area (Å²) in [5.41, 5.74) is 3.70. The second-order valence-corrected chi connectivity index (χ2v) is 4.73. The van der Waals surface area contributed by atoms with Gasteiger partial charge in [0.25, 0.3) is 0 Å². The minimum absolute atomic E-state index is 0.128. The van der Waals surface area contributed by atoms with E-state index in [1.54, 1.807) is 0 Å². The van der Waals surface area contributed by atoms with E-state index in [-0.39, 0.29) is 5.57 Å². The monoisotopic (exact) mass is 322 g/mol. The Labute approximate surface area is 126 Å². The maximum Gasteiger partial charge on any atom is 0.138 e. The largest absolute Gasteiger partial charge is 0.192 e. The maximum absolute atomic E-state index is 9.18. The van der Waals surface area contributed by atoms with Crippen molar-refractivity contribution in [3.05, 3.63) is 76.9 Å². The van der Waals surface area contributed by atoms with E-state index >= 15 is 0 Å². The molecular formula is C17H11BrN2. The predicted molar refractivity (Wildman–Crippen MR) is 82.8 cm³/mol. The third-order valence-corrected chi connectivity index (χ3v) is 3.58. The van der Waals surface area contributed by atoms with Crippen molar-refractivity contribution in [1.29, 1.82) is 10.5 Å². The van der Waals surface area contributed by atoms with Crippen LogP contribution in [0.1, 0.15) is 16.7 Å². The van der Waals surface area contributed by atoms with Crippen LogP contribution in [-0.2, 0) is 5.33 Å². The van der Waals surface area contributed by atoms with Crippen molar-refractivity contribution >= 4 is 21.5 Å². The van der Waals surface area contributed by atoms with Gasteiger partial charge in [0.1, 0.15) is 17.7 Å². The van der Waals surface area contributed by atoms with E-state index in [0.717, 1.165) is 22.0 Å². The number of nitriles is 2. The summed E-state index contributed by atoms with van der Waals surface area (Å²) in [4.78, 5) is 0. The first-order valence-electron chi connectivity index (χ1n) is 6.05. The Morgan fingerprint density at radius 3 is 1.90 bits per heavy atom. The number of alkyl halides is 1. The standard InChI is InChI=1S/C17H11BrN2/c18-10-13-6-8-15(9-7-13)17(16(11-19)12-20)14-4-2-1-3-5-14/h1-9H,10H2. The van der Waals surface area contributed by atoms with Crippen molar-refractivity contribution in [2.24, 2.45) is 0 Å². The highest BCUT2D eigenvalue weighted by Crippen LogP contribution is 2.27. The Bertz CT molecular complexity index is 685. The van der Waals surface area contributed by atoms with Crippen molar-refractivity contribution in [1.82, 2.24) is 0 Å². The van der Waals surface area contributed by atoms with E-state index in [1.165, 1.54) is 0 Å². The summed E-state index contributed by atoms with van der Waals surface area (Å²) in [5, 5.41) is 19.1. The van der Waals surface area contributed by atoms with Gasteiger partial charge in [0, 0.05) is 10.9 Å². The Hall–Kier alpha value is -2.36. The Balaban J connectivity index is 2.62. The highest BCUT2D eigenvalue weighted by molar-refractivity contribution is 9.08. The fraction of sp³-hybridized carbons (Fsp3) is 0.0588. The average Bonchev–Trinajstić information content (AvgIpc) is 2.53. The van der Waals surface area contributed by atoms with Gasteiger partial charge in [-0.2, -0.15) is 10.5 Å². The maximum atomic E-state index is 9.18. The molecule has 96 valence electrons. The lowest BCUT2D eigenvalue weighted by molar-refractivity contribution is 1.40. The molecule has 0 radical (unpaired) electrons. The molecule has 3 heteroatoms. The number of allylic oxidation sites excluding steroid dienone is 1. The van der Waals surface area contributed by atoms with Crippen molar-refractivity contribution in [3.8, 4) is 12.1 Å². The van der Waals surface area contributed by atoms with Gasteiger partial charge in [-0.05, 0) is 16.7 Å². The zero-order valence-electron chi connectivity index (χ0n) is 10.7. The zero-order chi connectivity index (χ0) is 14.4. The quantitative estimate of drug-likeness (QED) is 0.620. The van der Waals surface area contributed by atoms with Crippen LogP contribution in [0.3, 0.4) is 0 Å². The molecule has 2 aromatic rings. The van der Waals surface area contributed by atoms with Crippen molar-refractivity contribution in [3.63, 3.8) is 0 Å². The van der Waals surface area contributed by atoms with Gasteiger partial charge in [-0.3, -0.25) is 0 Å². The topological polar surface area (TPSA) is 47.6 Å². The number of benzene rings is 2. The van der Waals surface area contributed by atoms with E-state index in [9.17, 15) is 10.5 Å². The van der Waals surface area contributed by atoms with E-state index in [0.29, 0.717) is 5.57 Å². The molecule has 0 saturated heterocycles. The summed E-state index contributed by atoms with van der Waals surface area (Å²) < 4.78 is 0. The van der Waals surface area contributed by atoms with Crippen LogP contribution in [0.15, 0.2) is 60.2 Å². The van der Waals surface area contributed by atoms with Crippen LogP contribution >= 0.6 is 15.9 Å². The molecule has 0 spiro atoms. The summed E-state index contributed by atoms with van der Waals surface area (Å²) in [6.07, 6.45) is 0. The van der Waals surface area contributed by atoms with Crippen LogP contribution < -0.4 is 0 Å². The summed E-state index contributed by atoms with van der Waals surface area (Å²) in [6, 6.07) is 21.3. The van der Waals surface area contributed by atoms with Gasteiger partial charge in [0.2, 0.25) is 0 Å². The summed E-state index contributed by atoms with van der Waals surface area (Å²) in [6.45, 7) is 0. The number of hydrogen-bond acceptors (Lipinski definition) is 2. The smallest absolute Gasteiger partial charge is 0.138 e. The van der Waals surface area contributed by atoms with Gasteiger partial charge in [0.15, 0.2) is 0 Å². The number of hydrogen-bond donors (Lipinski definition) is 0. The van der Waals surface area contributed by atoms with E-state index in [4.69, 9.17) is 0 Å². The average molecular weight is 323 g/mol. The van der Waals surface area contributed by atoms with Crippen LogP contribution in [-0.4, -0.2) is 0 Å². The molecule has 0 heterocycles. The molecule has 0 atom stereocenters. The first-order valence-corrected chi connectivity index (χ1v) is 7.17. The van der Waals surface area contributed by atoms with Crippen LogP contribution in [0.5, 0.6) is 0 Å².